The number of methoxy groups -OCH3 is 2. The Morgan fingerprint density at radius 1 is 0.982 bits per heavy atom. The van der Waals surface area contributed by atoms with Gasteiger partial charge in [0.1, 0.15) is 42.1 Å². The fourth-order valence-corrected chi connectivity index (χ4v) is 6.80. The lowest BCUT2D eigenvalue weighted by Gasteiger charge is -2.37. The van der Waals surface area contributed by atoms with E-state index in [9.17, 15) is 9.36 Å². The maximum Gasteiger partial charge on any atom is 0.697 e. The van der Waals surface area contributed by atoms with Crippen molar-refractivity contribution in [1.82, 2.24) is 19.5 Å². The van der Waals surface area contributed by atoms with Crippen LogP contribution in [0.1, 0.15) is 49.6 Å². The Hall–Kier alpha value is -5.49. The van der Waals surface area contributed by atoms with Crippen molar-refractivity contribution in [3.05, 3.63) is 102 Å². The van der Waals surface area contributed by atoms with Gasteiger partial charge in [-0.25, -0.2) is 4.98 Å². The van der Waals surface area contributed by atoms with Crippen LogP contribution in [0, 0.1) is 17.2 Å². The number of ether oxygens (including phenoxy) is 5. The summed E-state index contributed by atoms with van der Waals surface area (Å²) in [5, 5.41) is 11.8. The van der Waals surface area contributed by atoms with E-state index in [0.29, 0.717) is 22.7 Å². The quantitative estimate of drug-likeness (QED) is 0.0600. The zero-order valence-electron chi connectivity index (χ0n) is 31.1. The summed E-state index contributed by atoms with van der Waals surface area (Å²) in [5.74, 6) is 0.820. The minimum atomic E-state index is -2.50. The number of rotatable bonds is 17. The number of anilines is 1. The number of benzene rings is 3. The van der Waals surface area contributed by atoms with Gasteiger partial charge in [-0.1, -0.05) is 68.4 Å². The fraction of sp³-hybridized carbons (Fsp3) is 0.359. The van der Waals surface area contributed by atoms with Crippen molar-refractivity contribution in [2.75, 3.05) is 39.9 Å². The van der Waals surface area contributed by atoms with Gasteiger partial charge < -0.3 is 23.7 Å². The SMILES string of the molecule is COc1ccc(C(OC[C@H]2O[C@@H](n3cnc4c(OCCC#N)nc(NC(=O)C(C)C)nc43)C[C@@H]2O[P+](=O)OC)(c2ccccc2)c2ccc(OC)cc2)cc1. The Bertz CT molecular complexity index is 2080. The Morgan fingerprint density at radius 3 is 2.20 bits per heavy atom. The smallest absolute Gasteiger partial charge is 0.497 e. The molecule has 0 radical (unpaired) electrons. The highest BCUT2D eigenvalue weighted by molar-refractivity contribution is 7.33. The summed E-state index contributed by atoms with van der Waals surface area (Å²) < 4.78 is 55.9. The van der Waals surface area contributed by atoms with Crippen LogP contribution in [0.5, 0.6) is 17.4 Å². The Morgan fingerprint density at radius 2 is 1.62 bits per heavy atom. The molecule has 1 amide bonds. The third-order valence-electron chi connectivity index (χ3n) is 9.10. The van der Waals surface area contributed by atoms with Crippen LogP contribution in [0.3, 0.4) is 0 Å². The molecule has 0 spiro atoms. The van der Waals surface area contributed by atoms with Gasteiger partial charge in [0.15, 0.2) is 11.2 Å². The molecule has 5 aromatic rings. The van der Waals surface area contributed by atoms with Crippen LogP contribution in [0.4, 0.5) is 5.95 Å². The van der Waals surface area contributed by atoms with Crippen molar-refractivity contribution >= 4 is 31.3 Å². The first-order valence-corrected chi connectivity index (χ1v) is 18.7. The van der Waals surface area contributed by atoms with Crippen LogP contribution in [-0.4, -0.2) is 72.2 Å². The van der Waals surface area contributed by atoms with Gasteiger partial charge in [-0.2, -0.15) is 15.2 Å². The van der Waals surface area contributed by atoms with E-state index in [1.807, 2.05) is 84.9 Å². The summed E-state index contributed by atoms with van der Waals surface area (Å²) in [6.45, 7) is 3.52. The minimum absolute atomic E-state index is 0.000298. The number of carbonyl (C=O) groups is 1. The van der Waals surface area contributed by atoms with Gasteiger partial charge in [0.25, 0.3) is 0 Å². The van der Waals surface area contributed by atoms with Crippen molar-refractivity contribution in [3.8, 4) is 23.4 Å². The van der Waals surface area contributed by atoms with Gasteiger partial charge in [-0.15, -0.1) is 9.05 Å². The van der Waals surface area contributed by atoms with Crippen LogP contribution in [0.25, 0.3) is 11.2 Å². The number of hydrogen-bond donors (Lipinski definition) is 1. The van der Waals surface area contributed by atoms with Crippen molar-refractivity contribution in [2.24, 2.45) is 5.92 Å². The lowest BCUT2D eigenvalue weighted by Crippen LogP contribution is -2.38. The first kappa shape index (κ1) is 39.2. The van der Waals surface area contributed by atoms with Crippen molar-refractivity contribution < 1.29 is 42.1 Å². The van der Waals surface area contributed by atoms with E-state index in [2.05, 4.69) is 20.3 Å². The number of amides is 1. The summed E-state index contributed by atoms with van der Waals surface area (Å²) in [6.07, 6.45) is -0.442. The topological polar surface area (TPSA) is 178 Å². The largest absolute Gasteiger partial charge is 0.697 e. The highest BCUT2D eigenvalue weighted by atomic mass is 31.1. The molecule has 4 atom stereocenters. The molecule has 1 fully saturated rings. The lowest BCUT2D eigenvalue weighted by atomic mass is 9.80. The zero-order chi connectivity index (χ0) is 39.0. The molecule has 286 valence electrons. The molecular weight excluding hydrogens is 727 g/mol. The van der Waals surface area contributed by atoms with Crippen LogP contribution in [-0.2, 0) is 33.5 Å². The molecule has 0 saturated carbocycles. The number of nitriles is 1. The molecule has 1 N–H and O–H groups in total. The maximum absolute atomic E-state index is 12.7. The van der Waals surface area contributed by atoms with Crippen molar-refractivity contribution in [3.63, 3.8) is 0 Å². The first-order valence-electron chi connectivity index (χ1n) is 17.6. The zero-order valence-corrected chi connectivity index (χ0v) is 32.0. The molecule has 0 aliphatic carbocycles. The Kier molecular flexibility index (Phi) is 12.7. The van der Waals surface area contributed by atoms with Crippen molar-refractivity contribution in [1.29, 1.82) is 5.26 Å². The van der Waals surface area contributed by atoms with Gasteiger partial charge in [-0.05, 0) is 41.0 Å². The number of imidazole rings is 1. The molecule has 16 heteroatoms. The minimum Gasteiger partial charge on any atom is -0.497 e. The lowest BCUT2D eigenvalue weighted by molar-refractivity contribution is -0.118. The van der Waals surface area contributed by atoms with E-state index in [1.165, 1.54) is 13.4 Å². The second-order valence-electron chi connectivity index (χ2n) is 12.8. The van der Waals surface area contributed by atoms with Gasteiger partial charge in [0.05, 0.1) is 46.8 Å². The van der Waals surface area contributed by atoms with Crippen LogP contribution in [0.2, 0.25) is 0 Å². The third-order valence-corrected chi connectivity index (χ3v) is 9.84. The molecular formula is C39H42N6O9P+. The average molecular weight is 770 g/mol. The monoisotopic (exact) mass is 769 g/mol. The second kappa shape index (κ2) is 17.8. The summed E-state index contributed by atoms with van der Waals surface area (Å²) in [5.41, 5.74) is 1.92. The molecule has 1 aliphatic rings. The first-order chi connectivity index (χ1) is 26.7. The molecule has 55 heavy (non-hydrogen) atoms. The molecule has 0 bridgehead atoms. The normalized spacial score (nSPS) is 17.2. The van der Waals surface area contributed by atoms with E-state index in [1.54, 1.807) is 32.6 Å². The predicted octanol–water partition coefficient (Wildman–Crippen LogP) is 6.72. The highest BCUT2D eigenvalue weighted by Crippen LogP contribution is 2.44. The van der Waals surface area contributed by atoms with E-state index >= 15 is 0 Å². The molecule has 2 aromatic heterocycles. The number of nitrogens with zero attached hydrogens (tertiary/aromatic N) is 5. The second-order valence-corrected chi connectivity index (χ2v) is 13.8. The summed E-state index contributed by atoms with van der Waals surface area (Å²) in [6, 6.07) is 27.1. The molecule has 6 rings (SSSR count). The van der Waals surface area contributed by atoms with Gasteiger partial charge in [0.2, 0.25) is 17.7 Å². The molecule has 1 unspecified atom stereocenters. The number of fused-ring (bicyclic) bond motifs is 1. The number of nitrogens with one attached hydrogen (secondary N) is 1. The molecule has 3 heterocycles. The van der Waals surface area contributed by atoms with Gasteiger partial charge >= 0.3 is 8.25 Å². The summed E-state index contributed by atoms with van der Waals surface area (Å²) >= 11 is 0. The summed E-state index contributed by atoms with van der Waals surface area (Å²) in [4.78, 5) is 26.1. The number of hydrogen-bond acceptors (Lipinski definition) is 13. The maximum atomic E-state index is 12.7. The van der Waals surface area contributed by atoms with E-state index in [4.69, 9.17) is 38.0 Å². The predicted molar refractivity (Wildman–Crippen MR) is 201 cm³/mol. The van der Waals surface area contributed by atoms with Crippen molar-refractivity contribution in [2.45, 2.75) is 50.7 Å². The van der Waals surface area contributed by atoms with Crippen LogP contribution in [0.15, 0.2) is 85.2 Å². The summed E-state index contributed by atoms with van der Waals surface area (Å²) in [7, 11) is 2.02. The molecule has 3 aromatic carbocycles. The van der Waals surface area contributed by atoms with E-state index < -0.39 is 32.3 Å². The van der Waals surface area contributed by atoms with E-state index in [0.717, 1.165) is 16.7 Å². The third kappa shape index (κ3) is 8.59. The highest BCUT2D eigenvalue weighted by Gasteiger charge is 2.46. The van der Waals surface area contributed by atoms with Gasteiger partial charge in [-0.3, -0.25) is 14.7 Å². The molecule has 1 saturated heterocycles. The molecule has 15 nitrogen and oxygen atoms in total. The number of aromatic nitrogens is 4. The van der Waals surface area contributed by atoms with E-state index in [-0.39, 0.29) is 49.7 Å². The standard InChI is InChI=1S/C39H41N6O9P/c1-25(2)36(46)43-38-42-35-34(37(44-38)51-21-9-20-40)41-24-45(35)33-22-31(54-55(47)50-5)32(53-33)23-52-39(26-10-7-6-8-11-26,27-12-16-29(48-3)17-13-27)28-14-18-30(49-4)19-15-28/h6-8,10-19,24-25,31-33H,9,21-23H2,1-5H3/p+1/t31-,32+,33+/m0/s1. The molecule has 1 aliphatic heterocycles. The average Bonchev–Trinajstić information content (AvgIpc) is 3.82. The van der Waals surface area contributed by atoms with Crippen LogP contribution < -0.4 is 19.5 Å². The number of carbonyl (C=O) groups excluding carboxylic acids is 1. The Balaban J connectivity index is 1.40. The van der Waals surface area contributed by atoms with Crippen LogP contribution >= 0.6 is 8.25 Å². The Labute approximate surface area is 319 Å². The fourth-order valence-electron chi connectivity index (χ4n) is 6.27. The van der Waals surface area contributed by atoms with Gasteiger partial charge in [0, 0.05) is 16.9 Å².